The van der Waals surface area contributed by atoms with Crippen LogP contribution in [0.4, 0.5) is 5.69 Å². The Bertz CT molecular complexity index is 620. The minimum absolute atomic E-state index is 0.183. The van der Waals surface area contributed by atoms with Crippen molar-refractivity contribution in [3.8, 4) is 5.75 Å². The summed E-state index contributed by atoms with van der Waals surface area (Å²) in [4.78, 5) is 12.9. The molecule has 2 N–H and O–H groups in total. The number of benzene rings is 1. The molecule has 2 rings (SSSR count). The van der Waals surface area contributed by atoms with E-state index in [4.69, 9.17) is 4.74 Å². The first kappa shape index (κ1) is 15.5. The lowest BCUT2D eigenvalue weighted by Gasteiger charge is -2.31. The highest BCUT2D eigenvalue weighted by molar-refractivity contribution is 8.38. The summed E-state index contributed by atoms with van der Waals surface area (Å²) in [6.45, 7) is 1.86. The van der Waals surface area contributed by atoms with E-state index in [1.807, 2.05) is 19.1 Å². The number of anilines is 1. The maximum Gasteiger partial charge on any atom is 0.313 e. The summed E-state index contributed by atoms with van der Waals surface area (Å²) in [6.07, 6.45) is 6.26. The molecule has 1 heterocycles. The molecule has 1 aromatic rings. The number of phenols is 1. The summed E-state index contributed by atoms with van der Waals surface area (Å²) in [5, 5.41) is 15.2. The number of ether oxygens (including phenoxy) is 1. The second kappa shape index (κ2) is 5.85. The third kappa shape index (κ3) is 3.08. The molecule has 4 nitrogen and oxygen atoms in total. The van der Waals surface area contributed by atoms with Gasteiger partial charge in [-0.15, -0.1) is 0 Å². The number of para-hydroxylation sites is 2. The van der Waals surface area contributed by atoms with Gasteiger partial charge in [0.25, 0.3) is 0 Å². The van der Waals surface area contributed by atoms with E-state index in [1.165, 1.54) is 7.11 Å². The Morgan fingerprint density at radius 2 is 2.00 bits per heavy atom. The van der Waals surface area contributed by atoms with Crippen LogP contribution in [-0.4, -0.2) is 30.7 Å². The maximum absolute atomic E-state index is 11.9. The van der Waals surface area contributed by atoms with Gasteiger partial charge in [-0.2, -0.15) is 0 Å². The van der Waals surface area contributed by atoms with Crippen LogP contribution >= 0.6 is 10.0 Å². The minimum Gasteiger partial charge on any atom is -0.506 e. The summed E-state index contributed by atoms with van der Waals surface area (Å²) in [5.41, 5.74) is 1.50. The summed E-state index contributed by atoms with van der Waals surface area (Å²) < 4.78 is 4.88. The van der Waals surface area contributed by atoms with Crippen molar-refractivity contribution in [3.63, 3.8) is 0 Å². The van der Waals surface area contributed by atoms with Crippen LogP contribution in [0.15, 0.2) is 46.4 Å². The quantitative estimate of drug-likeness (QED) is 0.661. The van der Waals surface area contributed by atoms with Gasteiger partial charge >= 0.3 is 5.97 Å². The highest BCUT2D eigenvalue weighted by Gasteiger charge is 2.32. The molecule has 1 aromatic carbocycles. The number of phenolic OH excluding ortho intramolecular Hbond substituents is 1. The predicted octanol–water partition coefficient (Wildman–Crippen LogP) is 3.42. The molecule has 0 amide bonds. The van der Waals surface area contributed by atoms with E-state index in [1.54, 1.807) is 18.2 Å². The van der Waals surface area contributed by atoms with Crippen molar-refractivity contribution in [2.24, 2.45) is 5.92 Å². The zero-order valence-corrected chi connectivity index (χ0v) is 13.5. The van der Waals surface area contributed by atoms with Gasteiger partial charge in [-0.1, -0.05) is 12.1 Å². The first-order valence-corrected chi connectivity index (χ1v) is 9.16. The van der Waals surface area contributed by atoms with Gasteiger partial charge in [0.2, 0.25) is 0 Å². The molecule has 0 fully saturated rings. The average molecular weight is 307 g/mol. The molecule has 114 valence electrons. The van der Waals surface area contributed by atoms with E-state index in [0.717, 1.165) is 10.6 Å². The van der Waals surface area contributed by atoms with Crippen molar-refractivity contribution in [3.05, 3.63) is 46.4 Å². The Morgan fingerprint density at radius 1 is 1.33 bits per heavy atom. The Hall–Kier alpha value is -1.88. The molecule has 1 atom stereocenters. The van der Waals surface area contributed by atoms with Crippen molar-refractivity contribution in [2.45, 2.75) is 6.92 Å². The predicted molar refractivity (Wildman–Crippen MR) is 88.5 cm³/mol. The SMILES string of the molecule is COC(=O)[C@@H](C)C1=C(Nc2ccccc2O)C=CS1(C)C. The number of carbonyl (C=O) groups excluding carboxylic acids is 1. The van der Waals surface area contributed by atoms with Crippen LogP contribution in [0.3, 0.4) is 0 Å². The summed E-state index contributed by atoms with van der Waals surface area (Å²) in [5.74, 6) is -0.377. The lowest BCUT2D eigenvalue weighted by atomic mass is 10.1. The van der Waals surface area contributed by atoms with Crippen LogP contribution < -0.4 is 5.32 Å². The zero-order valence-electron chi connectivity index (χ0n) is 12.7. The van der Waals surface area contributed by atoms with E-state index in [2.05, 4.69) is 23.2 Å². The lowest BCUT2D eigenvalue weighted by Crippen LogP contribution is -2.19. The van der Waals surface area contributed by atoms with Gasteiger partial charge in [0.15, 0.2) is 0 Å². The standard InChI is InChI=1S/C16H21NO3S/c1-11(16(19)20-2)15-13(9-10-21(15,3)4)17-12-7-5-6-8-14(12)18/h5-11,17-18H,1-4H3/t11-/m0/s1. The van der Waals surface area contributed by atoms with Crippen molar-refractivity contribution in [2.75, 3.05) is 24.9 Å². The number of carbonyl (C=O) groups is 1. The molecule has 0 saturated heterocycles. The van der Waals surface area contributed by atoms with Gasteiger partial charge in [0.1, 0.15) is 5.75 Å². The van der Waals surface area contributed by atoms with Gasteiger partial charge in [-0.05, 0) is 43.1 Å². The Morgan fingerprint density at radius 3 is 2.62 bits per heavy atom. The number of allylic oxidation sites excluding steroid dienone is 1. The molecule has 0 bridgehead atoms. The molecular formula is C16H21NO3S. The fourth-order valence-corrected chi connectivity index (χ4v) is 4.79. The van der Waals surface area contributed by atoms with E-state index in [-0.39, 0.29) is 17.6 Å². The molecule has 0 radical (unpaired) electrons. The van der Waals surface area contributed by atoms with Crippen molar-refractivity contribution in [1.29, 1.82) is 0 Å². The highest BCUT2D eigenvalue weighted by Crippen LogP contribution is 2.58. The van der Waals surface area contributed by atoms with Crippen LogP contribution in [0.25, 0.3) is 0 Å². The number of aromatic hydroxyl groups is 1. The molecule has 0 aliphatic carbocycles. The lowest BCUT2D eigenvalue weighted by molar-refractivity contribution is -0.143. The van der Waals surface area contributed by atoms with Crippen LogP contribution in [-0.2, 0) is 9.53 Å². The number of nitrogens with one attached hydrogen (secondary N) is 1. The van der Waals surface area contributed by atoms with Gasteiger partial charge in [-0.3, -0.25) is 4.79 Å². The Labute approximate surface area is 126 Å². The molecule has 5 heteroatoms. The Kier molecular flexibility index (Phi) is 4.32. The third-order valence-electron chi connectivity index (χ3n) is 3.53. The number of rotatable bonds is 4. The smallest absolute Gasteiger partial charge is 0.313 e. The normalized spacial score (nSPS) is 19.2. The van der Waals surface area contributed by atoms with E-state index >= 15 is 0 Å². The van der Waals surface area contributed by atoms with Gasteiger partial charge in [0, 0.05) is 10.6 Å². The van der Waals surface area contributed by atoms with E-state index in [0.29, 0.717) is 5.69 Å². The number of methoxy groups -OCH3 is 1. The monoisotopic (exact) mass is 307 g/mol. The summed E-state index contributed by atoms with van der Waals surface area (Å²) in [7, 11) is 0.234. The van der Waals surface area contributed by atoms with Gasteiger partial charge < -0.3 is 15.2 Å². The molecule has 1 aliphatic heterocycles. The number of hydrogen-bond acceptors (Lipinski definition) is 4. The van der Waals surface area contributed by atoms with Crippen molar-refractivity contribution < 1.29 is 14.6 Å². The fraction of sp³-hybridized carbons (Fsp3) is 0.312. The van der Waals surface area contributed by atoms with E-state index in [9.17, 15) is 9.90 Å². The molecule has 0 unspecified atom stereocenters. The fourth-order valence-electron chi connectivity index (χ4n) is 2.48. The third-order valence-corrected chi connectivity index (χ3v) is 6.05. The average Bonchev–Trinajstić information content (AvgIpc) is 2.74. The van der Waals surface area contributed by atoms with Crippen LogP contribution in [0.2, 0.25) is 0 Å². The van der Waals surface area contributed by atoms with Crippen LogP contribution in [0.1, 0.15) is 6.92 Å². The molecule has 0 saturated carbocycles. The van der Waals surface area contributed by atoms with Crippen molar-refractivity contribution in [1.82, 2.24) is 0 Å². The zero-order chi connectivity index (χ0) is 15.6. The summed E-state index contributed by atoms with van der Waals surface area (Å²) in [6, 6.07) is 7.05. The number of esters is 1. The topological polar surface area (TPSA) is 58.6 Å². The first-order chi connectivity index (χ1) is 9.86. The van der Waals surface area contributed by atoms with Crippen molar-refractivity contribution >= 4 is 21.7 Å². The molecular weight excluding hydrogens is 286 g/mol. The molecule has 0 aromatic heterocycles. The summed E-state index contributed by atoms with van der Waals surface area (Å²) >= 11 is 0. The van der Waals surface area contributed by atoms with Crippen LogP contribution in [0, 0.1) is 5.92 Å². The van der Waals surface area contributed by atoms with Gasteiger partial charge in [-0.25, -0.2) is 10.0 Å². The second-order valence-electron chi connectivity index (χ2n) is 5.37. The first-order valence-electron chi connectivity index (χ1n) is 6.65. The number of hydrogen-bond donors (Lipinski definition) is 2. The molecule has 21 heavy (non-hydrogen) atoms. The second-order valence-corrected chi connectivity index (χ2v) is 8.90. The Balaban J connectivity index is 2.40. The largest absolute Gasteiger partial charge is 0.506 e. The molecule has 1 aliphatic rings. The highest BCUT2D eigenvalue weighted by atomic mass is 32.3. The van der Waals surface area contributed by atoms with E-state index < -0.39 is 10.0 Å². The minimum atomic E-state index is -1.17. The maximum atomic E-state index is 11.9. The molecule has 0 spiro atoms. The van der Waals surface area contributed by atoms with Crippen LogP contribution in [0.5, 0.6) is 5.75 Å². The van der Waals surface area contributed by atoms with Gasteiger partial charge in [0.05, 0.1) is 18.7 Å².